The van der Waals surface area contributed by atoms with Gasteiger partial charge in [-0.25, -0.2) is 9.80 Å². The number of hydrogen-bond acceptors (Lipinski definition) is 2. The maximum absolute atomic E-state index is 10.5. The van der Waals surface area contributed by atoms with Crippen LogP contribution in [0.4, 0.5) is 4.79 Å². The second kappa shape index (κ2) is 4.06. The summed E-state index contributed by atoms with van der Waals surface area (Å²) in [7, 11) is 1.38. The summed E-state index contributed by atoms with van der Waals surface area (Å²) < 4.78 is 0. The molecular formula is C11H11N3O2. The number of aromatic nitrogens is 1. The molecule has 0 saturated heterocycles. The Kier molecular flexibility index (Phi) is 2.59. The Balaban J connectivity index is 2.31. The number of para-hydroxylation sites is 1. The zero-order chi connectivity index (χ0) is 11.5. The van der Waals surface area contributed by atoms with E-state index in [0.29, 0.717) is 0 Å². The number of hydrogen-bond donors (Lipinski definition) is 2. The van der Waals surface area contributed by atoms with Gasteiger partial charge in [0.25, 0.3) is 0 Å². The zero-order valence-electron chi connectivity index (χ0n) is 8.71. The van der Waals surface area contributed by atoms with E-state index in [1.807, 2.05) is 24.3 Å². The van der Waals surface area contributed by atoms with Gasteiger partial charge < -0.3 is 10.1 Å². The standard InChI is InChI=1S/C11H11N3O2/c1-14(11(15)16)13-7-8-6-12-10-5-3-2-4-9(8)10/h2-7,12H,1H3,(H,15,16). The van der Waals surface area contributed by atoms with Crippen LogP contribution in [0.5, 0.6) is 0 Å². The van der Waals surface area contributed by atoms with Crippen LogP contribution in [0, 0.1) is 0 Å². The molecule has 0 aliphatic rings. The molecule has 82 valence electrons. The van der Waals surface area contributed by atoms with Crippen LogP contribution in [0.15, 0.2) is 35.6 Å². The summed E-state index contributed by atoms with van der Waals surface area (Å²) in [5.74, 6) is 0. The van der Waals surface area contributed by atoms with E-state index in [4.69, 9.17) is 5.11 Å². The summed E-state index contributed by atoms with van der Waals surface area (Å²) in [4.78, 5) is 13.6. The van der Waals surface area contributed by atoms with Crippen molar-refractivity contribution in [3.63, 3.8) is 0 Å². The number of aromatic amines is 1. The topological polar surface area (TPSA) is 68.7 Å². The molecule has 0 aliphatic heterocycles. The minimum Gasteiger partial charge on any atom is -0.464 e. The van der Waals surface area contributed by atoms with Gasteiger partial charge >= 0.3 is 6.09 Å². The predicted molar refractivity (Wildman–Crippen MR) is 61.7 cm³/mol. The fourth-order valence-corrected chi connectivity index (χ4v) is 1.40. The molecule has 0 fully saturated rings. The molecule has 0 radical (unpaired) electrons. The molecule has 0 unspecified atom stereocenters. The molecule has 5 nitrogen and oxygen atoms in total. The first-order valence-corrected chi connectivity index (χ1v) is 4.75. The van der Waals surface area contributed by atoms with Gasteiger partial charge in [-0.15, -0.1) is 0 Å². The summed E-state index contributed by atoms with van der Waals surface area (Å²) in [6, 6.07) is 7.76. The van der Waals surface area contributed by atoms with Crippen LogP contribution in [0.25, 0.3) is 10.9 Å². The van der Waals surface area contributed by atoms with Crippen LogP contribution in [0.1, 0.15) is 5.56 Å². The number of carboxylic acid groups (broad SMARTS) is 1. The summed E-state index contributed by atoms with van der Waals surface area (Å²) >= 11 is 0. The van der Waals surface area contributed by atoms with Crippen molar-refractivity contribution in [3.8, 4) is 0 Å². The molecule has 2 aromatic rings. The van der Waals surface area contributed by atoms with Crippen LogP contribution < -0.4 is 0 Å². The molecule has 1 amide bonds. The number of nitrogens with one attached hydrogen (secondary N) is 1. The van der Waals surface area contributed by atoms with Crippen LogP contribution in [0.2, 0.25) is 0 Å². The Morgan fingerprint density at radius 3 is 3.00 bits per heavy atom. The van der Waals surface area contributed by atoms with Gasteiger partial charge in [0, 0.05) is 29.7 Å². The van der Waals surface area contributed by atoms with E-state index >= 15 is 0 Å². The van der Waals surface area contributed by atoms with Gasteiger partial charge in [0.15, 0.2) is 0 Å². The first-order chi connectivity index (χ1) is 7.68. The maximum Gasteiger partial charge on any atom is 0.427 e. The van der Waals surface area contributed by atoms with Gasteiger partial charge in [0.2, 0.25) is 0 Å². The normalized spacial score (nSPS) is 11.1. The second-order valence-corrected chi connectivity index (χ2v) is 3.34. The first kappa shape index (κ1) is 10.2. The van der Waals surface area contributed by atoms with Crippen molar-refractivity contribution in [2.75, 3.05) is 7.05 Å². The number of rotatable bonds is 2. The van der Waals surface area contributed by atoms with Crippen LogP contribution in [-0.2, 0) is 0 Å². The van der Waals surface area contributed by atoms with E-state index in [0.717, 1.165) is 21.5 Å². The Labute approximate surface area is 92.0 Å². The van der Waals surface area contributed by atoms with Crippen molar-refractivity contribution < 1.29 is 9.90 Å². The van der Waals surface area contributed by atoms with Gasteiger partial charge in [0.05, 0.1) is 6.21 Å². The van der Waals surface area contributed by atoms with Gasteiger partial charge in [-0.2, -0.15) is 5.10 Å². The second-order valence-electron chi connectivity index (χ2n) is 3.34. The van der Waals surface area contributed by atoms with Crippen molar-refractivity contribution in [3.05, 3.63) is 36.0 Å². The highest BCUT2D eigenvalue weighted by molar-refractivity contribution is 5.99. The molecule has 2 rings (SSSR count). The van der Waals surface area contributed by atoms with E-state index in [-0.39, 0.29) is 0 Å². The van der Waals surface area contributed by atoms with Crippen molar-refractivity contribution in [2.45, 2.75) is 0 Å². The van der Waals surface area contributed by atoms with Crippen LogP contribution >= 0.6 is 0 Å². The Bertz CT molecular complexity index is 545. The van der Waals surface area contributed by atoms with Crippen molar-refractivity contribution in [2.24, 2.45) is 5.10 Å². The molecule has 0 saturated carbocycles. The summed E-state index contributed by atoms with van der Waals surface area (Å²) in [5.41, 5.74) is 1.87. The van der Waals surface area contributed by atoms with E-state index in [9.17, 15) is 4.79 Å². The third-order valence-corrected chi connectivity index (χ3v) is 2.27. The number of nitrogens with zero attached hydrogens (tertiary/aromatic N) is 2. The number of H-pyrrole nitrogens is 1. The van der Waals surface area contributed by atoms with Gasteiger partial charge in [-0.1, -0.05) is 18.2 Å². The molecule has 16 heavy (non-hydrogen) atoms. The lowest BCUT2D eigenvalue weighted by atomic mass is 10.2. The van der Waals surface area contributed by atoms with E-state index in [2.05, 4.69) is 10.1 Å². The molecule has 2 N–H and O–H groups in total. The zero-order valence-corrected chi connectivity index (χ0v) is 8.71. The summed E-state index contributed by atoms with van der Waals surface area (Å²) in [6.07, 6.45) is 2.23. The number of fused-ring (bicyclic) bond motifs is 1. The molecular weight excluding hydrogens is 206 g/mol. The lowest BCUT2D eigenvalue weighted by molar-refractivity contribution is 0.158. The average Bonchev–Trinajstić information content (AvgIpc) is 2.69. The maximum atomic E-state index is 10.5. The minimum absolute atomic E-state index is 0.863. The quantitative estimate of drug-likeness (QED) is 0.597. The molecule has 0 bridgehead atoms. The molecule has 1 heterocycles. The lowest BCUT2D eigenvalue weighted by Crippen LogP contribution is -2.18. The van der Waals surface area contributed by atoms with Crippen molar-refractivity contribution >= 4 is 23.2 Å². The molecule has 0 aliphatic carbocycles. The van der Waals surface area contributed by atoms with E-state index < -0.39 is 6.09 Å². The summed E-state index contributed by atoms with van der Waals surface area (Å²) in [6.45, 7) is 0. The van der Waals surface area contributed by atoms with E-state index in [1.165, 1.54) is 13.3 Å². The molecule has 1 aromatic heterocycles. The van der Waals surface area contributed by atoms with Gasteiger partial charge in [-0.05, 0) is 6.07 Å². The number of hydrazone groups is 1. The smallest absolute Gasteiger partial charge is 0.427 e. The SMILES string of the molecule is CN(N=Cc1c[nH]c2ccccc12)C(=O)O. The third kappa shape index (κ3) is 1.88. The predicted octanol–water partition coefficient (Wildman–Crippen LogP) is 2.11. The highest BCUT2D eigenvalue weighted by Crippen LogP contribution is 2.15. The molecule has 0 atom stereocenters. The molecule has 1 aromatic carbocycles. The van der Waals surface area contributed by atoms with Gasteiger partial charge in [-0.3, -0.25) is 0 Å². The Hall–Kier alpha value is -2.30. The largest absolute Gasteiger partial charge is 0.464 e. The third-order valence-electron chi connectivity index (χ3n) is 2.27. The fourth-order valence-electron chi connectivity index (χ4n) is 1.40. The van der Waals surface area contributed by atoms with Crippen molar-refractivity contribution in [1.82, 2.24) is 9.99 Å². The number of carbonyl (C=O) groups is 1. The first-order valence-electron chi connectivity index (χ1n) is 4.75. The highest BCUT2D eigenvalue weighted by atomic mass is 16.4. The minimum atomic E-state index is -1.09. The highest BCUT2D eigenvalue weighted by Gasteiger charge is 2.03. The average molecular weight is 217 g/mol. The number of benzene rings is 1. The molecule has 5 heteroatoms. The monoisotopic (exact) mass is 217 g/mol. The lowest BCUT2D eigenvalue weighted by Gasteiger charge is -2.03. The van der Waals surface area contributed by atoms with Crippen LogP contribution in [0.3, 0.4) is 0 Å². The van der Waals surface area contributed by atoms with Crippen molar-refractivity contribution in [1.29, 1.82) is 0 Å². The van der Waals surface area contributed by atoms with Crippen LogP contribution in [-0.4, -0.2) is 34.5 Å². The van der Waals surface area contributed by atoms with E-state index in [1.54, 1.807) is 6.20 Å². The fraction of sp³-hybridized carbons (Fsp3) is 0.0909. The Morgan fingerprint density at radius 1 is 1.50 bits per heavy atom. The van der Waals surface area contributed by atoms with Gasteiger partial charge in [0.1, 0.15) is 0 Å². The Morgan fingerprint density at radius 2 is 2.25 bits per heavy atom. The molecule has 0 spiro atoms. The number of amides is 1. The summed E-state index contributed by atoms with van der Waals surface area (Å²) in [5, 5.41) is 14.3.